The van der Waals surface area contributed by atoms with Crippen molar-refractivity contribution in [3.8, 4) is 0 Å². The van der Waals surface area contributed by atoms with Crippen molar-refractivity contribution in [3.05, 3.63) is 11.6 Å². The van der Waals surface area contributed by atoms with E-state index in [2.05, 4.69) is 13.0 Å². The van der Waals surface area contributed by atoms with Gasteiger partial charge in [-0.15, -0.1) is 0 Å². The summed E-state index contributed by atoms with van der Waals surface area (Å²) in [7, 11) is 0. The zero-order valence-electron chi connectivity index (χ0n) is 4.61. The minimum atomic E-state index is 1.29. The van der Waals surface area contributed by atoms with Crippen molar-refractivity contribution in [1.82, 2.24) is 0 Å². The zero-order valence-corrected chi connectivity index (χ0v) is 5.42. The fourth-order valence-corrected chi connectivity index (χ4v) is 1.83. The van der Waals surface area contributed by atoms with Crippen LogP contribution in [0.1, 0.15) is 13.3 Å². The number of rotatable bonds is 0. The molecule has 0 unspecified atom stereocenters. The van der Waals surface area contributed by atoms with Crippen molar-refractivity contribution in [2.45, 2.75) is 13.3 Å². The topological polar surface area (TPSA) is 0 Å². The average Bonchev–Trinajstić information content (AvgIpc) is 2.14. The summed E-state index contributed by atoms with van der Waals surface area (Å²) in [6, 6.07) is 0. The molecule has 1 rings (SSSR count). The molecule has 0 aromatic rings. The van der Waals surface area contributed by atoms with Crippen LogP contribution in [0.2, 0.25) is 0 Å². The molecule has 1 fully saturated rings. The monoisotopic (exact) mass is 114 g/mol. The SMILES string of the molecule is C/C=C1/CCSC1. The van der Waals surface area contributed by atoms with Crippen LogP contribution in [0.15, 0.2) is 11.6 Å². The van der Waals surface area contributed by atoms with E-state index >= 15 is 0 Å². The minimum Gasteiger partial charge on any atom is -0.157 e. The average molecular weight is 114 g/mol. The first kappa shape index (κ1) is 5.23. The Labute approximate surface area is 49.0 Å². The third-order valence-corrected chi connectivity index (χ3v) is 2.33. The maximum absolute atomic E-state index is 2.24. The van der Waals surface area contributed by atoms with E-state index < -0.39 is 0 Å². The molecule has 0 aromatic heterocycles. The molecule has 0 radical (unpaired) electrons. The van der Waals surface area contributed by atoms with Crippen molar-refractivity contribution in [2.24, 2.45) is 0 Å². The maximum Gasteiger partial charge on any atom is 0.0143 e. The molecular formula is C6H10S. The number of thioether (sulfide) groups is 1. The molecule has 0 aromatic carbocycles. The number of hydrogen-bond acceptors (Lipinski definition) is 1. The molecule has 1 aliphatic heterocycles. The third kappa shape index (κ3) is 1.23. The van der Waals surface area contributed by atoms with Crippen LogP contribution in [0.5, 0.6) is 0 Å². The van der Waals surface area contributed by atoms with Crippen LogP contribution in [0.4, 0.5) is 0 Å². The van der Waals surface area contributed by atoms with E-state index in [0.717, 1.165) is 0 Å². The van der Waals surface area contributed by atoms with Crippen LogP contribution in [-0.2, 0) is 0 Å². The van der Waals surface area contributed by atoms with Gasteiger partial charge in [-0.3, -0.25) is 0 Å². The van der Waals surface area contributed by atoms with Gasteiger partial charge in [0.1, 0.15) is 0 Å². The van der Waals surface area contributed by atoms with Gasteiger partial charge in [0, 0.05) is 5.75 Å². The molecule has 1 aliphatic rings. The van der Waals surface area contributed by atoms with Crippen LogP contribution in [-0.4, -0.2) is 11.5 Å². The minimum absolute atomic E-state index is 1.29. The quantitative estimate of drug-likeness (QED) is 0.434. The first-order valence-electron chi connectivity index (χ1n) is 2.65. The van der Waals surface area contributed by atoms with Gasteiger partial charge in [-0.05, 0) is 19.1 Å². The molecule has 1 heteroatoms. The molecule has 0 amide bonds. The maximum atomic E-state index is 2.24. The molecule has 1 heterocycles. The van der Waals surface area contributed by atoms with Crippen molar-refractivity contribution in [3.63, 3.8) is 0 Å². The first-order valence-corrected chi connectivity index (χ1v) is 3.81. The van der Waals surface area contributed by atoms with Crippen LogP contribution in [0.3, 0.4) is 0 Å². The molecule has 7 heavy (non-hydrogen) atoms. The summed E-state index contributed by atoms with van der Waals surface area (Å²) in [5.41, 5.74) is 1.63. The normalized spacial score (nSPS) is 26.7. The fourth-order valence-electron chi connectivity index (χ4n) is 0.706. The molecule has 40 valence electrons. The number of hydrogen-bond donors (Lipinski definition) is 0. The lowest BCUT2D eigenvalue weighted by molar-refractivity contribution is 1.16. The highest BCUT2D eigenvalue weighted by Crippen LogP contribution is 2.21. The molecule has 0 aliphatic carbocycles. The summed E-state index contributed by atoms with van der Waals surface area (Å²) >= 11 is 2.04. The largest absolute Gasteiger partial charge is 0.157 e. The van der Waals surface area contributed by atoms with E-state index in [-0.39, 0.29) is 0 Å². The second-order valence-electron chi connectivity index (χ2n) is 1.75. The van der Waals surface area contributed by atoms with E-state index in [1.165, 1.54) is 17.9 Å². The summed E-state index contributed by atoms with van der Waals surface area (Å²) in [4.78, 5) is 0. The lowest BCUT2D eigenvalue weighted by Gasteiger charge is -1.84. The summed E-state index contributed by atoms with van der Waals surface area (Å²) < 4.78 is 0. The van der Waals surface area contributed by atoms with E-state index in [1.54, 1.807) is 5.57 Å². The highest BCUT2D eigenvalue weighted by Gasteiger charge is 2.03. The molecule has 0 saturated carbocycles. The van der Waals surface area contributed by atoms with E-state index in [0.29, 0.717) is 0 Å². The first-order chi connectivity index (χ1) is 3.43. The summed E-state index contributed by atoms with van der Waals surface area (Å²) in [6.07, 6.45) is 3.57. The van der Waals surface area contributed by atoms with Crippen molar-refractivity contribution >= 4 is 11.8 Å². The Morgan fingerprint density at radius 3 is 2.86 bits per heavy atom. The molecule has 0 N–H and O–H groups in total. The highest BCUT2D eigenvalue weighted by molar-refractivity contribution is 7.99. The lowest BCUT2D eigenvalue weighted by Crippen LogP contribution is -1.72. The zero-order chi connectivity index (χ0) is 5.11. The van der Waals surface area contributed by atoms with E-state index in [4.69, 9.17) is 0 Å². The summed E-state index contributed by atoms with van der Waals surface area (Å²) in [5.74, 6) is 2.64. The molecule has 1 saturated heterocycles. The Hall–Kier alpha value is 0.0900. The van der Waals surface area contributed by atoms with Gasteiger partial charge < -0.3 is 0 Å². The van der Waals surface area contributed by atoms with Crippen molar-refractivity contribution in [1.29, 1.82) is 0 Å². The van der Waals surface area contributed by atoms with Crippen LogP contribution < -0.4 is 0 Å². The van der Waals surface area contributed by atoms with Gasteiger partial charge in [-0.1, -0.05) is 11.6 Å². The second-order valence-corrected chi connectivity index (χ2v) is 2.85. The molecule has 0 atom stereocenters. The Morgan fingerprint density at radius 1 is 1.71 bits per heavy atom. The Bertz CT molecular complexity index is 76.2. The summed E-state index contributed by atoms with van der Waals surface area (Å²) in [6.45, 7) is 2.13. The van der Waals surface area contributed by atoms with Crippen molar-refractivity contribution < 1.29 is 0 Å². The fraction of sp³-hybridized carbons (Fsp3) is 0.667. The van der Waals surface area contributed by atoms with Gasteiger partial charge in [0.25, 0.3) is 0 Å². The standard InChI is InChI=1S/C6H10S/c1-2-6-3-4-7-5-6/h2H,3-5H2,1H3/b6-2-. The highest BCUT2D eigenvalue weighted by atomic mass is 32.2. The van der Waals surface area contributed by atoms with Gasteiger partial charge in [0.15, 0.2) is 0 Å². The van der Waals surface area contributed by atoms with Crippen LogP contribution in [0.25, 0.3) is 0 Å². The van der Waals surface area contributed by atoms with Crippen LogP contribution in [0, 0.1) is 0 Å². The van der Waals surface area contributed by atoms with Gasteiger partial charge in [-0.25, -0.2) is 0 Å². The molecule has 0 bridgehead atoms. The van der Waals surface area contributed by atoms with Gasteiger partial charge in [0.05, 0.1) is 0 Å². The van der Waals surface area contributed by atoms with E-state index in [1.807, 2.05) is 11.8 Å². The predicted molar refractivity (Wildman–Crippen MR) is 35.7 cm³/mol. The molecular weight excluding hydrogens is 104 g/mol. The van der Waals surface area contributed by atoms with E-state index in [9.17, 15) is 0 Å². The van der Waals surface area contributed by atoms with Crippen molar-refractivity contribution in [2.75, 3.05) is 11.5 Å². The van der Waals surface area contributed by atoms with Gasteiger partial charge in [-0.2, -0.15) is 11.8 Å². The Kier molecular flexibility index (Phi) is 1.80. The number of allylic oxidation sites excluding steroid dienone is 1. The second kappa shape index (κ2) is 2.41. The smallest absolute Gasteiger partial charge is 0.0143 e. The molecule has 0 nitrogen and oxygen atoms in total. The third-order valence-electron chi connectivity index (χ3n) is 1.26. The summed E-state index contributed by atoms with van der Waals surface area (Å²) in [5, 5.41) is 0. The lowest BCUT2D eigenvalue weighted by atomic mass is 10.2. The van der Waals surface area contributed by atoms with Gasteiger partial charge in [0.2, 0.25) is 0 Å². The predicted octanol–water partition coefficient (Wildman–Crippen LogP) is 2.07. The van der Waals surface area contributed by atoms with Crippen LogP contribution >= 0.6 is 11.8 Å². The Morgan fingerprint density at radius 2 is 2.57 bits per heavy atom. The molecule has 0 spiro atoms. The van der Waals surface area contributed by atoms with Gasteiger partial charge >= 0.3 is 0 Å². The Balaban J connectivity index is 2.41.